The van der Waals surface area contributed by atoms with E-state index in [0.717, 1.165) is 0 Å². The fraction of sp³-hybridized carbons (Fsp3) is 0.500. The molecule has 1 aliphatic rings. The van der Waals surface area contributed by atoms with Gasteiger partial charge in [-0.1, -0.05) is 0 Å². The third-order valence-electron chi connectivity index (χ3n) is 0.780. The second-order valence-electron chi connectivity index (χ2n) is 1.35. The summed E-state index contributed by atoms with van der Waals surface area (Å²) in [6.45, 7) is 1.43. The van der Waals surface area contributed by atoms with Crippen molar-refractivity contribution in [1.29, 1.82) is 0 Å². The number of nitrogens with zero attached hydrogens (tertiary/aromatic N) is 1. The number of ether oxygens (including phenoxy) is 1. The topological polar surface area (TPSA) is 59.9 Å². The van der Waals surface area contributed by atoms with Gasteiger partial charge in [0.15, 0.2) is 0 Å². The summed E-state index contributed by atoms with van der Waals surface area (Å²) in [5.41, 5.74) is 2.19. The first kappa shape index (κ1) is 5.87. The van der Waals surface area contributed by atoms with Crippen molar-refractivity contribution in [3.8, 4) is 0 Å². The van der Waals surface area contributed by atoms with E-state index < -0.39 is 0 Å². The normalized spacial score (nSPS) is 15.8. The van der Waals surface area contributed by atoms with Crippen molar-refractivity contribution in [3.05, 3.63) is 0 Å². The van der Waals surface area contributed by atoms with Gasteiger partial charge in [-0.25, -0.2) is 4.99 Å². The molecule has 0 aromatic carbocycles. The lowest BCUT2D eigenvalue weighted by atomic mass is 10.8. The molecule has 0 aromatic heterocycles. The summed E-state index contributed by atoms with van der Waals surface area (Å²) < 4.78 is 4.81. The van der Waals surface area contributed by atoms with E-state index >= 15 is 0 Å². The lowest BCUT2D eigenvalue weighted by molar-refractivity contribution is -0.132. The maximum absolute atomic E-state index is 9.57. The largest absolute Gasteiger partial charge is 0.461 e. The Morgan fingerprint density at radius 3 is 3.33 bits per heavy atom. The number of aliphatic imine (C=N–C) groups is 1. The summed E-state index contributed by atoms with van der Waals surface area (Å²) >= 11 is 0. The van der Waals surface area contributed by atoms with Gasteiger partial charge in [-0.15, -0.1) is 0 Å². The van der Waals surface area contributed by atoms with Gasteiger partial charge in [-0.3, -0.25) is 4.79 Å². The first-order valence-electron chi connectivity index (χ1n) is 2.46. The van der Waals surface area contributed by atoms with Crippen LogP contribution in [-0.4, -0.2) is 25.6 Å². The molecule has 0 saturated carbocycles. The molecule has 1 aliphatic heterocycles. The second-order valence-corrected chi connectivity index (χ2v) is 1.35. The summed E-state index contributed by atoms with van der Waals surface area (Å²) in [5.74, 6) is 0. The molecule has 5 heteroatoms. The van der Waals surface area contributed by atoms with Gasteiger partial charge in [0.25, 0.3) is 0 Å². The van der Waals surface area contributed by atoms with E-state index in [4.69, 9.17) is 4.74 Å². The van der Waals surface area contributed by atoms with Gasteiger partial charge < -0.3 is 9.57 Å². The molecule has 0 aliphatic carbocycles. The molecular weight excluding hydrogens is 124 g/mol. The maximum atomic E-state index is 9.57. The van der Waals surface area contributed by atoms with Crippen molar-refractivity contribution < 1.29 is 14.4 Å². The van der Waals surface area contributed by atoms with Crippen LogP contribution in [0.3, 0.4) is 0 Å². The zero-order chi connectivity index (χ0) is 6.53. The van der Waals surface area contributed by atoms with Gasteiger partial charge in [-0.2, -0.15) is 5.48 Å². The van der Waals surface area contributed by atoms with Gasteiger partial charge >= 0.3 is 12.5 Å². The Morgan fingerprint density at radius 2 is 2.78 bits per heavy atom. The van der Waals surface area contributed by atoms with E-state index in [1.54, 1.807) is 0 Å². The van der Waals surface area contributed by atoms with Gasteiger partial charge in [0, 0.05) is 0 Å². The molecule has 0 amide bonds. The third kappa shape index (κ3) is 1.60. The predicted molar refractivity (Wildman–Crippen MR) is 28.5 cm³/mol. The second kappa shape index (κ2) is 2.91. The summed E-state index contributed by atoms with van der Waals surface area (Å²) in [6.07, 6.45) is 0. The fourth-order valence-electron chi connectivity index (χ4n) is 0.471. The third-order valence-corrected chi connectivity index (χ3v) is 0.780. The smallest absolute Gasteiger partial charge is 0.320 e. The fourth-order valence-corrected chi connectivity index (χ4v) is 0.471. The van der Waals surface area contributed by atoms with E-state index in [-0.39, 0.29) is 12.5 Å². The van der Waals surface area contributed by atoms with Crippen LogP contribution in [0.5, 0.6) is 0 Å². The average molecular weight is 130 g/mol. The van der Waals surface area contributed by atoms with Crippen molar-refractivity contribution in [2.75, 3.05) is 13.2 Å². The molecule has 1 heterocycles. The van der Waals surface area contributed by atoms with E-state index in [9.17, 15) is 4.79 Å². The minimum Gasteiger partial charge on any atom is -0.461 e. The van der Waals surface area contributed by atoms with Crippen LogP contribution in [0.2, 0.25) is 0 Å². The number of hydrogen-bond donors (Lipinski definition) is 1. The van der Waals surface area contributed by atoms with Gasteiger partial charge in [0.05, 0.1) is 6.54 Å². The molecule has 1 N–H and O–H groups in total. The Hall–Kier alpha value is -1.26. The first-order chi connectivity index (χ1) is 4.43. The number of amidine groups is 1. The van der Waals surface area contributed by atoms with Gasteiger partial charge in [0.2, 0.25) is 0 Å². The van der Waals surface area contributed by atoms with E-state index in [2.05, 4.69) is 15.3 Å². The Bertz CT molecular complexity index is 134. The number of rotatable bonds is 2. The molecule has 5 nitrogen and oxygen atoms in total. The standard InChI is InChI=1S/C4H6N2O3/c7-3-9-6-4-5-1-2-8-4/h3H,1-2H2,(H,5,6). The number of hydrogen-bond acceptors (Lipinski definition) is 5. The summed E-state index contributed by atoms with van der Waals surface area (Å²) in [7, 11) is 0. The van der Waals surface area contributed by atoms with Crippen LogP contribution >= 0.6 is 0 Å². The Morgan fingerprint density at radius 1 is 1.89 bits per heavy atom. The molecule has 9 heavy (non-hydrogen) atoms. The van der Waals surface area contributed by atoms with Crippen molar-refractivity contribution in [1.82, 2.24) is 5.48 Å². The summed E-state index contributed by atoms with van der Waals surface area (Å²) in [6, 6.07) is 0.266. The predicted octanol–water partition coefficient (Wildman–Crippen LogP) is -0.950. The quantitative estimate of drug-likeness (QED) is 0.386. The number of carbonyl (C=O) groups excluding carboxylic acids is 1. The highest BCUT2D eigenvalue weighted by Gasteiger charge is 2.04. The highest BCUT2D eigenvalue weighted by atomic mass is 16.7. The molecule has 0 aromatic rings. The van der Waals surface area contributed by atoms with Crippen LogP contribution in [0.1, 0.15) is 0 Å². The van der Waals surface area contributed by atoms with Crippen molar-refractivity contribution >= 4 is 12.5 Å². The molecule has 0 saturated heterocycles. The maximum Gasteiger partial charge on any atom is 0.320 e. The number of nitrogens with one attached hydrogen (secondary N) is 1. The molecule has 0 unspecified atom stereocenters. The average Bonchev–Trinajstić information content (AvgIpc) is 2.34. The van der Waals surface area contributed by atoms with Crippen LogP contribution < -0.4 is 5.48 Å². The molecule has 0 bridgehead atoms. The minimum atomic E-state index is 0.266. The van der Waals surface area contributed by atoms with Gasteiger partial charge in [0.1, 0.15) is 6.61 Å². The SMILES string of the molecule is O=CONC1=NCCO1. The summed E-state index contributed by atoms with van der Waals surface area (Å²) in [5, 5.41) is 0. The molecule has 0 atom stereocenters. The minimum absolute atomic E-state index is 0.266. The Labute approximate surface area is 51.6 Å². The molecular formula is C4H6N2O3. The number of hydroxylamine groups is 1. The van der Waals surface area contributed by atoms with Crippen LogP contribution in [-0.2, 0) is 14.4 Å². The van der Waals surface area contributed by atoms with E-state index in [1.165, 1.54) is 0 Å². The Kier molecular flexibility index (Phi) is 1.90. The van der Waals surface area contributed by atoms with Crippen molar-refractivity contribution in [2.45, 2.75) is 0 Å². The zero-order valence-corrected chi connectivity index (χ0v) is 4.66. The number of carbonyl (C=O) groups is 1. The molecule has 50 valence electrons. The lowest BCUT2D eigenvalue weighted by Crippen LogP contribution is -2.22. The van der Waals surface area contributed by atoms with Crippen LogP contribution in [0.15, 0.2) is 4.99 Å². The first-order valence-corrected chi connectivity index (χ1v) is 2.46. The zero-order valence-electron chi connectivity index (χ0n) is 4.66. The Balaban J connectivity index is 2.18. The highest BCUT2D eigenvalue weighted by Crippen LogP contribution is 1.88. The lowest BCUT2D eigenvalue weighted by Gasteiger charge is -1.98. The highest BCUT2D eigenvalue weighted by molar-refractivity contribution is 5.74. The van der Waals surface area contributed by atoms with Crippen molar-refractivity contribution in [2.24, 2.45) is 4.99 Å². The molecule has 1 rings (SSSR count). The van der Waals surface area contributed by atoms with Crippen LogP contribution in [0, 0.1) is 0 Å². The van der Waals surface area contributed by atoms with E-state index in [0.29, 0.717) is 13.2 Å². The molecule has 0 spiro atoms. The monoisotopic (exact) mass is 130 g/mol. The van der Waals surface area contributed by atoms with Crippen LogP contribution in [0.25, 0.3) is 0 Å². The molecule has 0 radical (unpaired) electrons. The van der Waals surface area contributed by atoms with Crippen molar-refractivity contribution in [3.63, 3.8) is 0 Å². The van der Waals surface area contributed by atoms with E-state index in [1.807, 2.05) is 0 Å². The van der Waals surface area contributed by atoms with Gasteiger partial charge in [-0.05, 0) is 0 Å². The summed E-state index contributed by atoms with van der Waals surface area (Å²) in [4.78, 5) is 17.5. The molecule has 0 fully saturated rings. The van der Waals surface area contributed by atoms with Crippen LogP contribution in [0.4, 0.5) is 0 Å².